The summed E-state index contributed by atoms with van der Waals surface area (Å²) in [6, 6.07) is 3.46. The van der Waals surface area contributed by atoms with Crippen LogP contribution in [0.2, 0.25) is 8.67 Å². The van der Waals surface area contributed by atoms with Crippen molar-refractivity contribution in [2.75, 3.05) is 18.0 Å². The molecule has 1 saturated heterocycles. The van der Waals surface area contributed by atoms with Crippen LogP contribution >= 0.6 is 34.5 Å². The predicted octanol–water partition coefficient (Wildman–Crippen LogP) is 3.38. The van der Waals surface area contributed by atoms with Gasteiger partial charge >= 0.3 is 0 Å². The first-order valence-corrected chi connectivity index (χ1v) is 8.50. The van der Waals surface area contributed by atoms with Gasteiger partial charge in [0.25, 0.3) is 5.91 Å². The topological polar surface area (TPSA) is 58.1 Å². The molecule has 0 bridgehead atoms. The number of aromatic nitrogens is 2. The van der Waals surface area contributed by atoms with Crippen molar-refractivity contribution in [2.24, 2.45) is 0 Å². The molecule has 0 spiro atoms. The zero-order valence-electron chi connectivity index (χ0n) is 11.7. The SMILES string of the molecule is O=C(NCc1nccc(N2CCCC2)n1)c1cc(Cl)sc1Cl. The molecule has 0 aliphatic carbocycles. The van der Waals surface area contributed by atoms with Crippen molar-refractivity contribution in [1.29, 1.82) is 0 Å². The smallest absolute Gasteiger partial charge is 0.254 e. The van der Waals surface area contributed by atoms with Gasteiger partial charge in [-0.25, -0.2) is 9.97 Å². The van der Waals surface area contributed by atoms with Gasteiger partial charge in [0.2, 0.25) is 0 Å². The molecule has 2 aromatic rings. The number of anilines is 1. The quantitative estimate of drug-likeness (QED) is 0.912. The molecule has 5 nitrogen and oxygen atoms in total. The zero-order valence-corrected chi connectivity index (χ0v) is 14.0. The van der Waals surface area contributed by atoms with Crippen molar-refractivity contribution in [2.45, 2.75) is 19.4 Å². The second-order valence-electron chi connectivity index (χ2n) is 4.95. The Balaban J connectivity index is 1.65. The van der Waals surface area contributed by atoms with Crippen molar-refractivity contribution in [3.05, 3.63) is 38.4 Å². The van der Waals surface area contributed by atoms with E-state index in [-0.39, 0.29) is 12.5 Å². The second kappa shape index (κ2) is 6.81. The molecule has 1 amide bonds. The molecular weight excluding hydrogens is 343 g/mol. The minimum absolute atomic E-state index is 0.254. The third-order valence-corrected chi connectivity index (χ3v) is 4.92. The lowest BCUT2D eigenvalue weighted by Crippen LogP contribution is -2.25. The number of rotatable bonds is 4. The Morgan fingerprint density at radius 2 is 2.14 bits per heavy atom. The van der Waals surface area contributed by atoms with Gasteiger partial charge < -0.3 is 10.2 Å². The summed E-state index contributed by atoms with van der Waals surface area (Å²) in [5.74, 6) is 1.21. The Kier molecular flexibility index (Phi) is 4.81. The molecule has 0 unspecified atom stereocenters. The second-order valence-corrected chi connectivity index (χ2v) is 7.23. The van der Waals surface area contributed by atoms with E-state index in [4.69, 9.17) is 23.2 Å². The summed E-state index contributed by atoms with van der Waals surface area (Å²) in [5, 5.41) is 2.77. The van der Waals surface area contributed by atoms with Crippen LogP contribution in [-0.2, 0) is 6.54 Å². The van der Waals surface area contributed by atoms with Gasteiger partial charge in [0, 0.05) is 19.3 Å². The molecular formula is C14H14Cl2N4OS. The van der Waals surface area contributed by atoms with Crippen molar-refractivity contribution in [1.82, 2.24) is 15.3 Å². The standard InChI is InChI=1S/C14H14Cl2N4OS/c15-10-7-9(13(16)22-10)14(21)18-8-11-17-4-3-12(19-11)20-5-1-2-6-20/h3-4,7H,1-2,5-6,8H2,(H,18,21). The van der Waals surface area contributed by atoms with Crippen LogP contribution in [0.25, 0.3) is 0 Å². The Labute approximate surface area is 142 Å². The van der Waals surface area contributed by atoms with E-state index in [9.17, 15) is 4.79 Å². The van der Waals surface area contributed by atoms with Crippen molar-refractivity contribution >= 4 is 46.3 Å². The number of thiophene rings is 1. The van der Waals surface area contributed by atoms with Crippen LogP contribution in [0, 0.1) is 0 Å². The van der Waals surface area contributed by atoms with E-state index in [2.05, 4.69) is 20.2 Å². The Hall–Kier alpha value is -1.37. The highest BCUT2D eigenvalue weighted by molar-refractivity contribution is 7.20. The molecule has 0 saturated carbocycles. The number of carbonyl (C=O) groups excluding carboxylic acids is 1. The highest BCUT2D eigenvalue weighted by atomic mass is 35.5. The van der Waals surface area contributed by atoms with Crippen LogP contribution in [0.4, 0.5) is 5.82 Å². The number of amides is 1. The molecule has 0 radical (unpaired) electrons. The molecule has 3 heterocycles. The summed E-state index contributed by atoms with van der Waals surface area (Å²) in [6.45, 7) is 2.29. The minimum Gasteiger partial charge on any atom is -0.357 e. The highest BCUT2D eigenvalue weighted by Gasteiger charge is 2.16. The fraction of sp³-hybridized carbons (Fsp3) is 0.357. The van der Waals surface area contributed by atoms with Crippen LogP contribution in [0.1, 0.15) is 29.0 Å². The van der Waals surface area contributed by atoms with Crippen LogP contribution in [0.5, 0.6) is 0 Å². The highest BCUT2D eigenvalue weighted by Crippen LogP contribution is 2.31. The lowest BCUT2D eigenvalue weighted by Gasteiger charge is -2.16. The molecule has 0 aromatic carbocycles. The third kappa shape index (κ3) is 3.51. The van der Waals surface area contributed by atoms with Crippen LogP contribution in [-0.4, -0.2) is 29.0 Å². The molecule has 1 fully saturated rings. The van der Waals surface area contributed by atoms with Gasteiger partial charge in [-0.1, -0.05) is 23.2 Å². The molecule has 1 N–H and O–H groups in total. The average Bonchev–Trinajstić information content (AvgIpc) is 3.15. The van der Waals surface area contributed by atoms with Crippen LogP contribution < -0.4 is 10.2 Å². The van der Waals surface area contributed by atoms with Gasteiger partial charge in [-0.3, -0.25) is 4.79 Å². The molecule has 1 aliphatic heterocycles. The Morgan fingerprint density at radius 3 is 2.82 bits per heavy atom. The lowest BCUT2D eigenvalue weighted by atomic mass is 10.3. The maximum atomic E-state index is 12.1. The van der Waals surface area contributed by atoms with Crippen molar-refractivity contribution in [3.8, 4) is 0 Å². The number of carbonyl (C=O) groups is 1. The average molecular weight is 357 g/mol. The first-order valence-electron chi connectivity index (χ1n) is 6.93. The summed E-state index contributed by atoms with van der Waals surface area (Å²) in [7, 11) is 0. The first kappa shape index (κ1) is 15.5. The van der Waals surface area contributed by atoms with Crippen LogP contribution in [0.15, 0.2) is 18.3 Å². The van der Waals surface area contributed by atoms with E-state index in [1.165, 1.54) is 24.2 Å². The molecule has 2 aromatic heterocycles. The fourth-order valence-corrected chi connectivity index (χ4v) is 3.80. The van der Waals surface area contributed by atoms with E-state index >= 15 is 0 Å². The maximum Gasteiger partial charge on any atom is 0.254 e. The number of hydrogen-bond donors (Lipinski definition) is 1. The summed E-state index contributed by atoms with van der Waals surface area (Å²) < 4.78 is 0.872. The van der Waals surface area contributed by atoms with E-state index in [0.29, 0.717) is 20.1 Å². The summed E-state index contributed by atoms with van der Waals surface area (Å²) in [5.41, 5.74) is 0.382. The molecule has 3 rings (SSSR count). The van der Waals surface area contributed by atoms with Gasteiger partial charge in [0.15, 0.2) is 0 Å². The van der Waals surface area contributed by atoms with Gasteiger partial charge in [-0.05, 0) is 25.0 Å². The predicted molar refractivity (Wildman–Crippen MR) is 89.0 cm³/mol. The van der Waals surface area contributed by atoms with Crippen molar-refractivity contribution < 1.29 is 4.79 Å². The summed E-state index contributed by atoms with van der Waals surface area (Å²) in [4.78, 5) is 23.0. The number of halogens is 2. The number of nitrogens with one attached hydrogen (secondary N) is 1. The molecule has 22 heavy (non-hydrogen) atoms. The summed E-state index contributed by atoms with van der Waals surface area (Å²) in [6.07, 6.45) is 4.09. The van der Waals surface area contributed by atoms with Gasteiger partial charge in [0.1, 0.15) is 16.0 Å². The van der Waals surface area contributed by atoms with E-state index in [0.717, 1.165) is 18.9 Å². The third-order valence-electron chi connectivity index (χ3n) is 3.43. The zero-order chi connectivity index (χ0) is 15.5. The Morgan fingerprint density at radius 1 is 1.36 bits per heavy atom. The summed E-state index contributed by atoms with van der Waals surface area (Å²) >= 11 is 13.0. The van der Waals surface area contributed by atoms with Crippen LogP contribution in [0.3, 0.4) is 0 Å². The maximum absolute atomic E-state index is 12.1. The fourth-order valence-electron chi connectivity index (χ4n) is 2.35. The molecule has 1 aliphatic rings. The molecule has 0 atom stereocenters. The molecule has 8 heteroatoms. The molecule has 116 valence electrons. The van der Waals surface area contributed by atoms with E-state index in [1.54, 1.807) is 12.3 Å². The van der Waals surface area contributed by atoms with E-state index in [1.807, 2.05) is 6.07 Å². The van der Waals surface area contributed by atoms with Gasteiger partial charge in [-0.15, -0.1) is 11.3 Å². The minimum atomic E-state index is -0.275. The Bertz CT molecular complexity index is 685. The largest absolute Gasteiger partial charge is 0.357 e. The normalized spacial score (nSPS) is 14.4. The van der Waals surface area contributed by atoms with E-state index < -0.39 is 0 Å². The van der Waals surface area contributed by atoms with Gasteiger partial charge in [-0.2, -0.15) is 0 Å². The van der Waals surface area contributed by atoms with Crippen molar-refractivity contribution in [3.63, 3.8) is 0 Å². The first-order chi connectivity index (χ1) is 10.6. The monoisotopic (exact) mass is 356 g/mol. The number of nitrogens with zero attached hydrogens (tertiary/aromatic N) is 3. The lowest BCUT2D eigenvalue weighted by molar-refractivity contribution is 0.0950. The van der Waals surface area contributed by atoms with Gasteiger partial charge in [0.05, 0.1) is 16.4 Å². The number of hydrogen-bond acceptors (Lipinski definition) is 5.